The number of methoxy groups -OCH3 is 1. The van der Waals surface area contributed by atoms with Crippen molar-refractivity contribution < 1.29 is 27.8 Å². The highest BCUT2D eigenvalue weighted by molar-refractivity contribution is 5.92. The van der Waals surface area contributed by atoms with E-state index in [1.165, 1.54) is 37.4 Å². The quantitative estimate of drug-likeness (QED) is 0.928. The fraction of sp³-hybridized carbons (Fsp3) is 0.133. The Hall–Kier alpha value is -2.50. The maximum Gasteiger partial charge on any atom is 0.416 e. The van der Waals surface area contributed by atoms with E-state index in [0.717, 1.165) is 12.1 Å². The number of halogens is 3. The van der Waals surface area contributed by atoms with E-state index < -0.39 is 17.7 Å². The number of carboxylic acids is 1. The Balaban J connectivity index is 2.41. The third kappa shape index (κ3) is 3.16. The van der Waals surface area contributed by atoms with Crippen LogP contribution in [-0.2, 0) is 6.18 Å². The molecule has 21 heavy (non-hydrogen) atoms. The monoisotopic (exact) mass is 296 g/mol. The number of hydrogen-bond acceptors (Lipinski definition) is 2. The van der Waals surface area contributed by atoms with Crippen LogP contribution in [0.15, 0.2) is 42.5 Å². The van der Waals surface area contributed by atoms with E-state index in [0.29, 0.717) is 11.1 Å². The largest absolute Gasteiger partial charge is 0.496 e. The molecule has 0 bridgehead atoms. The summed E-state index contributed by atoms with van der Waals surface area (Å²) < 4.78 is 42.5. The van der Waals surface area contributed by atoms with Crippen molar-refractivity contribution in [3.05, 3.63) is 53.6 Å². The molecule has 0 unspecified atom stereocenters. The van der Waals surface area contributed by atoms with E-state index in [9.17, 15) is 18.0 Å². The highest BCUT2D eigenvalue weighted by Gasteiger charge is 2.30. The Labute approximate surface area is 118 Å². The first-order chi connectivity index (χ1) is 9.82. The minimum atomic E-state index is -4.39. The Morgan fingerprint density at radius 3 is 2.10 bits per heavy atom. The zero-order valence-electron chi connectivity index (χ0n) is 10.9. The van der Waals surface area contributed by atoms with Gasteiger partial charge in [0.2, 0.25) is 0 Å². The maximum absolute atomic E-state index is 12.5. The fourth-order valence-corrected chi connectivity index (χ4v) is 1.90. The SMILES string of the molecule is COc1cc(-c2ccc(C(F)(F)F)cc2)ccc1C(=O)O. The number of aromatic carboxylic acids is 1. The molecular formula is C15H11F3O3. The van der Waals surface area contributed by atoms with Gasteiger partial charge in [0, 0.05) is 0 Å². The third-order valence-electron chi connectivity index (χ3n) is 2.98. The third-order valence-corrected chi connectivity index (χ3v) is 2.98. The van der Waals surface area contributed by atoms with Crippen LogP contribution in [0.4, 0.5) is 13.2 Å². The summed E-state index contributed by atoms with van der Waals surface area (Å²) in [5.41, 5.74) is 0.373. The number of carboxylic acid groups (broad SMARTS) is 1. The van der Waals surface area contributed by atoms with Gasteiger partial charge < -0.3 is 9.84 Å². The minimum absolute atomic E-state index is 0.00633. The molecule has 0 heterocycles. The second-order valence-corrected chi connectivity index (χ2v) is 4.30. The average Bonchev–Trinajstić information content (AvgIpc) is 2.45. The molecule has 0 saturated carbocycles. The first kappa shape index (κ1) is 14.9. The molecule has 0 radical (unpaired) electrons. The molecule has 0 aliphatic heterocycles. The number of alkyl halides is 3. The lowest BCUT2D eigenvalue weighted by molar-refractivity contribution is -0.137. The fourth-order valence-electron chi connectivity index (χ4n) is 1.90. The van der Waals surface area contributed by atoms with Crippen LogP contribution in [-0.4, -0.2) is 18.2 Å². The van der Waals surface area contributed by atoms with E-state index in [1.54, 1.807) is 0 Å². The van der Waals surface area contributed by atoms with E-state index >= 15 is 0 Å². The van der Waals surface area contributed by atoms with Gasteiger partial charge in [0.1, 0.15) is 11.3 Å². The Kier molecular flexibility index (Phi) is 3.88. The molecule has 110 valence electrons. The topological polar surface area (TPSA) is 46.5 Å². The van der Waals surface area contributed by atoms with Crippen LogP contribution in [0.2, 0.25) is 0 Å². The van der Waals surface area contributed by atoms with Crippen LogP contribution >= 0.6 is 0 Å². The van der Waals surface area contributed by atoms with Crippen LogP contribution in [0.3, 0.4) is 0 Å². The number of benzene rings is 2. The van der Waals surface area contributed by atoms with Gasteiger partial charge in [-0.3, -0.25) is 0 Å². The standard InChI is InChI=1S/C15H11F3O3/c1-21-13-8-10(4-7-12(13)14(19)20)9-2-5-11(6-3-9)15(16,17)18/h2-8H,1H3,(H,19,20). The molecule has 0 aliphatic carbocycles. The molecule has 0 aliphatic rings. The summed E-state index contributed by atoms with van der Waals surface area (Å²) in [6.07, 6.45) is -4.39. The van der Waals surface area contributed by atoms with Gasteiger partial charge in [-0.05, 0) is 35.4 Å². The molecular weight excluding hydrogens is 285 g/mol. The van der Waals surface area contributed by atoms with E-state index in [-0.39, 0.29) is 11.3 Å². The first-order valence-corrected chi connectivity index (χ1v) is 5.92. The summed E-state index contributed by atoms with van der Waals surface area (Å²) in [6, 6.07) is 8.98. The highest BCUT2D eigenvalue weighted by Crippen LogP contribution is 2.32. The Bertz CT molecular complexity index is 661. The lowest BCUT2D eigenvalue weighted by Crippen LogP contribution is -2.04. The average molecular weight is 296 g/mol. The number of ether oxygens (including phenoxy) is 1. The Morgan fingerprint density at radius 2 is 1.62 bits per heavy atom. The first-order valence-electron chi connectivity index (χ1n) is 5.92. The summed E-state index contributed by atoms with van der Waals surface area (Å²) in [6.45, 7) is 0. The molecule has 0 spiro atoms. The number of carbonyl (C=O) groups is 1. The zero-order valence-corrected chi connectivity index (χ0v) is 10.9. The van der Waals surface area contributed by atoms with Crippen molar-refractivity contribution in [3.63, 3.8) is 0 Å². The van der Waals surface area contributed by atoms with E-state index in [4.69, 9.17) is 9.84 Å². The van der Waals surface area contributed by atoms with Crippen molar-refractivity contribution in [1.29, 1.82) is 0 Å². The number of hydrogen-bond donors (Lipinski definition) is 1. The summed E-state index contributed by atoms with van der Waals surface area (Å²) in [5.74, 6) is -0.981. The molecule has 6 heteroatoms. The van der Waals surface area contributed by atoms with Crippen molar-refractivity contribution in [2.75, 3.05) is 7.11 Å². The molecule has 2 aromatic rings. The van der Waals surface area contributed by atoms with Gasteiger partial charge in [-0.25, -0.2) is 4.79 Å². The molecule has 2 rings (SSSR count). The van der Waals surface area contributed by atoms with Crippen LogP contribution in [0.25, 0.3) is 11.1 Å². The number of rotatable bonds is 3. The molecule has 2 aromatic carbocycles. The molecule has 0 amide bonds. The summed E-state index contributed by atoms with van der Waals surface area (Å²) >= 11 is 0. The molecule has 0 aromatic heterocycles. The van der Waals surface area contributed by atoms with E-state index in [2.05, 4.69) is 0 Å². The normalized spacial score (nSPS) is 11.2. The molecule has 1 N–H and O–H groups in total. The van der Waals surface area contributed by atoms with Gasteiger partial charge in [-0.2, -0.15) is 13.2 Å². The van der Waals surface area contributed by atoms with Gasteiger partial charge in [0.05, 0.1) is 12.7 Å². The zero-order chi connectivity index (χ0) is 15.6. The minimum Gasteiger partial charge on any atom is -0.496 e. The van der Waals surface area contributed by atoms with E-state index in [1.807, 2.05) is 0 Å². The molecule has 0 fully saturated rings. The smallest absolute Gasteiger partial charge is 0.416 e. The molecule has 0 saturated heterocycles. The van der Waals surface area contributed by atoms with Gasteiger partial charge >= 0.3 is 12.1 Å². The summed E-state index contributed by atoms with van der Waals surface area (Å²) in [7, 11) is 1.33. The van der Waals surface area contributed by atoms with Crippen molar-refractivity contribution in [2.24, 2.45) is 0 Å². The lowest BCUT2D eigenvalue weighted by Gasteiger charge is -2.10. The van der Waals surface area contributed by atoms with Gasteiger partial charge in [-0.1, -0.05) is 18.2 Å². The van der Waals surface area contributed by atoms with Crippen LogP contribution in [0, 0.1) is 0 Å². The highest BCUT2D eigenvalue weighted by atomic mass is 19.4. The van der Waals surface area contributed by atoms with Crippen LogP contribution in [0.5, 0.6) is 5.75 Å². The molecule has 0 atom stereocenters. The maximum atomic E-state index is 12.5. The van der Waals surface area contributed by atoms with Gasteiger partial charge in [0.25, 0.3) is 0 Å². The van der Waals surface area contributed by atoms with Gasteiger partial charge in [0.15, 0.2) is 0 Å². The van der Waals surface area contributed by atoms with Crippen molar-refractivity contribution in [3.8, 4) is 16.9 Å². The predicted octanol–water partition coefficient (Wildman–Crippen LogP) is 4.08. The van der Waals surface area contributed by atoms with Gasteiger partial charge in [-0.15, -0.1) is 0 Å². The summed E-state index contributed by atoms with van der Waals surface area (Å²) in [5, 5.41) is 8.98. The second-order valence-electron chi connectivity index (χ2n) is 4.30. The van der Waals surface area contributed by atoms with Crippen LogP contribution < -0.4 is 4.74 Å². The Morgan fingerprint density at radius 1 is 1.05 bits per heavy atom. The second kappa shape index (κ2) is 5.47. The van der Waals surface area contributed by atoms with Crippen molar-refractivity contribution in [2.45, 2.75) is 6.18 Å². The van der Waals surface area contributed by atoms with Crippen molar-refractivity contribution >= 4 is 5.97 Å². The predicted molar refractivity (Wildman–Crippen MR) is 70.4 cm³/mol. The summed E-state index contributed by atoms with van der Waals surface area (Å²) in [4.78, 5) is 11.0. The lowest BCUT2D eigenvalue weighted by atomic mass is 10.0. The molecule has 3 nitrogen and oxygen atoms in total. The van der Waals surface area contributed by atoms with Crippen LogP contribution in [0.1, 0.15) is 15.9 Å². The van der Waals surface area contributed by atoms with Crippen molar-refractivity contribution in [1.82, 2.24) is 0 Å².